The summed E-state index contributed by atoms with van der Waals surface area (Å²) >= 11 is 0. The summed E-state index contributed by atoms with van der Waals surface area (Å²) in [4.78, 5) is 28.9. The number of ether oxygens (including phenoxy) is 3. The highest BCUT2D eigenvalue weighted by Crippen LogP contribution is 2.77. The minimum atomic E-state index is -2.02. The lowest BCUT2D eigenvalue weighted by Gasteiger charge is -2.64. The summed E-state index contributed by atoms with van der Waals surface area (Å²) in [6.45, 7) is 13.8. The highest BCUT2D eigenvalue weighted by molar-refractivity contribution is 5.78. The summed E-state index contributed by atoms with van der Waals surface area (Å²) in [5, 5.41) is 73.4. The minimum absolute atomic E-state index is 0.0202. The van der Waals surface area contributed by atoms with Crippen molar-refractivity contribution < 1.29 is 54.4 Å². The molecule has 3 saturated heterocycles. The Morgan fingerprint density at radius 2 is 1.76 bits per heavy atom. The summed E-state index contributed by atoms with van der Waals surface area (Å²) in [7, 11) is 0. The Kier molecular flexibility index (Phi) is 8.31. The Balaban J connectivity index is 1.35. The monoisotopic (exact) mass is 693 g/mol. The van der Waals surface area contributed by atoms with Crippen molar-refractivity contribution in [2.75, 3.05) is 13.1 Å². The molecule has 49 heavy (non-hydrogen) atoms. The Morgan fingerprint density at radius 3 is 2.41 bits per heavy atom. The number of aliphatic hydroxyl groups excluding tert-OH is 2. The molecule has 4 aliphatic carbocycles. The Morgan fingerprint density at radius 1 is 1.06 bits per heavy atom. The standard InChI is InChI=1S/C37H59NO11/c1-8-19(4)30(41)48-29-27(40)26-20(17-38-16-18(3)10-11-24(38)34(26,7)44)21-15-35-28(36(21,29)45)22(39)14-23-32(35,5)13-12-25(37(23,46)49-35)47-31(42)33(6,43)9-2/h18-29,39-40,43-46H,8-17H2,1-7H3/t18-,19+,20-,21-,22+,23-,24-,25-,26+,27+,28+,29-,32-,33-,34+,35?,36-,37-/m0/s1. The van der Waals surface area contributed by atoms with Crippen molar-refractivity contribution in [1.82, 2.24) is 4.90 Å². The molecule has 7 fully saturated rings. The molecule has 1 unspecified atom stereocenters. The lowest BCUT2D eigenvalue weighted by atomic mass is 9.49. The third-order valence-corrected chi connectivity index (χ3v) is 15.4. The van der Waals surface area contributed by atoms with Gasteiger partial charge >= 0.3 is 11.9 Å². The molecule has 0 aromatic heterocycles. The smallest absolute Gasteiger partial charge is 0.338 e. The molecule has 3 aliphatic heterocycles. The zero-order chi connectivity index (χ0) is 35.9. The Labute approximate surface area is 289 Å². The van der Waals surface area contributed by atoms with Crippen LogP contribution < -0.4 is 0 Å². The summed E-state index contributed by atoms with van der Waals surface area (Å²) in [5.41, 5.74) is -7.23. The molecular weight excluding hydrogens is 634 g/mol. The van der Waals surface area contributed by atoms with Crippen LogP contribution in [0.25, 0.3) is 0 Å². The van der Waals surface area contributed by atoms with E-state index in [2.05, 4.69) is 11.8 Å². The SMILES string of the molecule is CC[C@@H](C)C(=O)O[C@H]1[C@H](O)[C@H]2[C@@H](CN3C[C@@H](C)CC[C@H]3[C@@]2(C)O)[C@@H]2CC34O[C@]5(O)[C@@H](OC(=O)[C@@](C)(O)CC)CC[C@@]3(C)[C@@H]5C[C@@H](O)[C@H]4[C@@]21O. The molecule has 18 atom stereocenters. The summed E-state index contributed by atoms with van der Waals surface area (Å²) < 4.78 is 18.9. The van der Waals surface area contributed by atoms with Gasteiger partial charge in [-0.3, -0.25) is 9.69 Å². The van der Waals surface area contributed by atoms with Gasteiger partial charge in [0, 0.05) is 42.3 Å². The van der Waals surface area contributed by atoms with E-state index in [1.54, 1.807) is 20.8 Å². The van der Waals surface area contributed by atoms with Crippen LogP contribution in [0.1, 0.15) is 99.8 Å². The van der Waals surface area contributed by atoms with Crippen LogP contribution in [-0.4, -0.2) is 119 Å². The number of rotatable bonds is 6. The summed E-state index contributed by atoms with van der Waals surface area (Å²) in [6, 6.07) is -0.218. The van der Waals surface area contributed by atoms with Crippen LogP contribution in [0.5, 0.6) is 0 Å². The number of carbonyl (C=O) groups excluding carboxylic acids is 2. The van der Waals surface area contributed by atoms with Crippen LogP contribution in [0.15, 0.2) is 0 Å². The van der Waals surface area contributed by atoms with Crippen LogP contribution in [0.2, 0.25) is 0 Å². The van der Waals surface area contributed by atoms with E-state index in [9.17, 15) is 40.2 Å². The number of piperidine rings is 2. The van der Waals surface area contributed by atoms with Gasteiger partial charge in [0.05, 0.1) is 29.3 Å². The Bertz CT molecular complexity index is 1360. The van der Waals surface area contributed by atoms with Crippen LogP contribution in [0, 0.1) is 46.8 Å². The van der Waals surface area contributed by atoms with Gasteiger partial charge in [0.15, 0.2) is 17.8 Å². The summed E-state index contributed by atoms with van der Waals surface area (Å²) in [6.07, 6.45) is -2.06. The van der Waals surface area contributed by atoms with Gasteiger partial charge in [-0.1, -0.05) is 34.6 Å². The molecular formula is C37H59NO11. The fourth-order valence-corrected chi connectivity index (χ4v) is 12.5. The first-order valence-corrected chi connectivity index (χ1v) is 18.9. The van der Waals surface area contributed by atoms with Gasteiger partial charge < -0.3 is 44.8 Å². The maximum atomic E-state index is 13.5. The second-order valence-electron chi connectivity index (χ2n) is 18.0. The molecule has 0 amide bonds. The number of fused-ring (bicyclic) bond motifs is 5. The van der Waals surface area contributed by atoms with E-state index in [-0.39, 0.29) is 31.7 Å². The van der Waals surface area contributed by atoms with Crippen molar-refractivity contribution >= 4 is 11.9 Å². The quantitative estimate of drug-likeness (QED) is 0.221. The lowest BCUT2D eigenvalue weighted by molar-refractivity contribution is -0.300. The molecule has 12 heteroatoms. The normalized spacial score (nSPS) is 54.8. The first-order chi connectivity index (χ1) is 22.7. The van der Waals surface area contributed by atoms with Gasteiger partial charge in [-0.05, 0) is 83.0 Å². The van der Waals surface area contributed by atoms with Gasteiger partial charge in [0.2, 0.25) is 5.79 Å². The zero-order valence-electron chi connectivity index (χ0n) is 30.2. The lowest BCUT2D eigenvalue weighted by Crippen LogP contribution is -2.77. The zero-order valence-corrected chi connectivity index (χ0v) is 30.2. The maximum Gasteiger partial charge on any atom is 0.338 e. The third kappa shape index (κ3) is 4.56. The van der Waals surface area contributed by atoms with Crippen LogP contribution >= 0.6 is 0 Å². The topological polar surface area (TPSA) is 186 Å². The maximum absolute atomic E-state index is 13.5. The molecule has 6 N–H and O–H groups in total. The largest absolute Gasteiger partial charge is 0.456 e. The summed E-state index contributed by atoms with van der Waals surface area (Å²) in [5.74, 6) is -7.17. The fraction of sp³-hybridized carbons (Fsp3) is 0.946. The van der Waals surface area contributed by atoms with Crippen molar-refractivity contribution in [1.29, 1.82) is 0 Å². The highest BCUT2D eigenvalue weighted by Gasteiger charge is 2.87. The number of nitrogens with zero attached hydrogens (tertiary/aromatic N) is 1. The van der Waals surface area contributed by atoms with Gasteiger partial charge in [-0.25, -0.2) is 4.79 Å². The van der Waals surface area contributed by atoms with E-state index in [4.69, 9.17) is 14.2 Å². The average molecular weight is 694 g/mol. The van der Waals surface area contributed by atoms with E-state index < -0.39 is 105 Å². The van der Waals surface area contributed by atoms with Crippen molar-refractivity contribution in [3.63, 3.8) is 0 Å². The molecule has 0 aromatic carbocycles. The van der Waals surface area contributed by atoms with Crippen molar-refractivity contribution in [2.24, 2.45) is 46.8 Å². The minimum Gasteiger partial charge on any atom is -0.456 e. The van der Waals surface area contributed by atoms with E-state index >= 15 is 0 Å². The van der Waals surface area contributed by atoms with E-state index in [0.29, 0.717) is 25.3 Å². The second kappa shape index (κ2) is 11.3. The first-order valence-electron chi connectivity index (χ1n) is 18.9. The fourth-order valence-electron chi connectivity index (χ4n) is 12.5. The van der Waals surface area contributed by atoms with E-state index in [1.807, 2.05) is 13.8 Å². The van der Waals surface area contributed by atoms with Crippen molar-refractivity contribution in [2.45, 2.75) is 158 Å². The van der Waals surface area contributed by atoms with Crippen LogP contribution in [0.3, 0.4) is 0 Å². The molecule has 1 spiro atoms. The molecule has 0 radical (unpaired) electrons. The Hall–Kier alpha value is -1.38. The highest BCUT2D eigenvalue weighted by atomic mass is 16.7. The molecule has 4 bridgehead atoms. The molecule has 3 heterocycles. The average Bonchev–Trinajstić information content (AvgIpc) is 3.31. The molecule has 278 valence electrons. The van der Waals surface area contributed by atoms with Crippen LogP contribution in [0.4, 0.5) is 0 Å². The molecule has 7 rings (SSSR count). The number of carbonyl (C=O) groups is 2. The van der Waals surface area contributed by atoms with Gasteiger partial charge in [-0.15, -0.1) is 0 Å². The van der Waals surface area contributed by atoms with E-state index in [0.717, 1.165) is 19.4 Å². The molecule has 7 aliphatic rings. The second-order valence-corrected chi connectivity index (χ2v) is 18.0. The van der Waals surface area contributed by atoms with Crippen LogP contribution in [-0.2, 0) is 23.8 Å². The predicted molar refractivity (Wildman–Crippen MR) is 174 cm³/mol. The van der Waals surface area contributed by atoms with E-state index in [1.165, 1.54) is 6.92 Å². The van der Waals surface area contributed by atoms with Gasteiger partial charge in [0.25, 0.3) is 0 Å². The number of hydrogen-bond donors (Lipinski definition) is 6. The molecule has 0 aromatic rings. The number of esters is 2. The van der Waals surface area contributed by atoms with Gasteiger partial charge in [-0.2, -0.15) is 0 Å². The first kappa shape index (κ1) is 36.0. The van der Waals surface area contributed by atoms with Crippen molar-refractivity contribution in [3.8, 4) is 0 Å². The predicted octanol–water partition coefficient (Wildman–Crippen LogP) is 1.49. The van der Waals surface area contributed by atoms with Crippen molar-refractivity contribution in [3.05, 3.63) is 0 Å². The molecule has 12 nitrogen and oxygen atoms in total. The molecule has 4 saturated carbocycles. The third-order valence-electron chi connectivity index (χ3n) is 15.4. The number of aliphatic hydroxyl groups is 6. The van der Waals surface area contributed by atoms with Gasteiger partial charge in [0.1, 0.15) is 5.60 Å². The number of hydrogen-bond acceptors (Lipinski definition) is 12.